The molecule has 0 bridgehead atoms. The van der Waals surface area contributed by atoms with Crippen LogP contribution < -0.4 is 0 Å². The van der Waals surface area contributed by atoms with Crippen LogP contribution in [0.15, 0.2) is 11.4 Å². The van der Waals surface area contributed by atoms with Crippen LogP contribution in [0, 0.1) is 11.8 Å². The zero-order valence-electron chi connectivity index (χ0n) is 12.4. The number of nitrogens with zero attached hydrogens (tertiary/aromatic N) is 1. The van der Waals surface area contributed by atoms with Crippen molar-refractivity contribution in [3.63, 3.8) is 0 Å². The van der Waals surface area contributed by atoms with Crippen LogP contribution in [0.4, 0.5) is 0 Å². The molecule has 0 amide bonds. The lowest BCUT2D eigenvalue weighted by atomic mass is 10.1. The number of aliphatic hydroxyl groups is 1. The van der Waals surface area contributed by atoms with Crippen LogP contribution in [0.3, 0.4) is 0 Å². The van der Waals surface area contributed by atoms with E-state index in [9.17, 15) is 0 Å². The molecule has 0 saturated heterocycles. The molecule has 0 unspecified atom stereocenters. The Morgan fingerprint density at radius 1 is 1.30 bits per heavy atom. The molecule has 1 fully saturated rings. The topological polar surface area (TPSA) is 23.5 Å². The summed E-state index contributed by atoms with van der Waals surface area (Å²) in [5.74, 6) is 6.22. The zero-order valence-corrected chi connectivity index (χ0v) is 13.2. The summed E-state index contributed by atoms with van der Waals surface area (Å²) < 4.78 is 0. The maximum absolute atomic E-state index is 8.80. The highest BCUT2D eigenvalue weighted by Gasteiger charge is 2.18. The van der Waals surface area contributed by atoms with Crippen LogP contribution in [-0.4, -0.2) is 29.7 Å². The SMILES string of the molecule is CN(Cc1sccc1C#CCCO)C1CCCCCC1. The van der Waals surface area contributed by atoms with Crippen LogP contribution in [0.2, 0.25) is 0 Å². The Kier molecular flexibility index (Phi) is 6.59. The molecule has 2 rings (SSSR count). The number of rotatable bonds is 4. The quantitative estimate of drug-likeness (QED) is 0.676. The van der Waals surface area contributed by atoms with Crippen molar-refractivity contribution in [1.82, 2.24) is 4.90 Å². The molecule has 1 aliphatic carbocycles. The first-order valence-electron chi connectivity index (χ1n) is 7.67. The minimum Gasteiger partial charge on any atom is -0.395 e. The molecular formula is C17H25NOS. The van der Waals surface area contributed by atoms with Gasteiger partial charge in [0, 0.05) is 29.4 Å². The van der Waals surface area contributed by atoms with Gasteiger partial charge in [-0.25, -0.2) is 0 Å². The van der Waals surface area contributed by atoms with E-state index in [1.54, 1.807) is 11.3 Å². The molecule has 1 heterocycles. The summed E-state index contributed by atoms with van der Waals surface area (Å²) in [4.78, 5) is 3.87. The van der Waals surface area contributed by atoms with Gasteiger partial charge in [-0.15, -0.1) is 11.3 Å². The second-order valence-corrected chi connectivity index (χ2v) is 6.59. The van der Waals surface area contributed by atoms with Crippen LogP contribution in [0.25, 0.3) is 0 Å². The molecule has 2 nitrogen and oxygen atoms in total. The van der Waals surface area contributed by atoms with Crippen molar-refractivity contribution in [2.45, 2.75) is 57.5 Å². The fourth-order valence-corrected chi connectivity index (χ4v) is 3.73. The monoisotopic (exact) mass is 291 g/mol. The van der Waals surface area contributed by atoms with Crippen molar-refractivity contribution in [2.75, 3.05) is 13.7 Å². The second kappa shape index (κ2) is 8.46. The van der Waals surface area contributed by atoms with E-state index in [0.29, 0.717) is 6.42 Å². The molecule has 1 aromatic rings. The minimum absolute atomic E-state index is 0.147. The largest absolute Gasteiger partial charge is 0.395 e. The molecule has 3 heteroatoms. The molecule has 20 heavy (non-hydrogen) atoms. The Balaban J connectivity index is 1.95. The molecular weight excluding hydrogens is 266 g/mol. The van der Waals surface area contributed by atoms with E-state index in [1.807, 2.05) is 0 Å². The van der Waals surface area contributed by atoms with Gasteiger partial charge in [-0.3, -0.25) is 4.90 Å². The molecule has 0 aliphatic heterocycles. The maximum Gasteiger partial charge on any atom is 0.0540 e. The summed E-state index contributed by atoms with van der Waals surface area (Å²) in [7, 11) is 2.25. The zero-order chi connectivity index (χ0) is 14.2. The maximum atomic E-state index is 8.80. The molecule has 0 atom stereocenters. The Morgan fingerprint density at radius 2 is 2.05 bits per heavy atom. The summed E-state index contributed by atoms with van der Waals surface area (Å²) in [6.07, 6.45) is 8.81. The van der Waals surface area contributed by atoms with Gasteiger partial charge in [0.15, 0.2) is 0 Å². The first kappa shape index (κ1) is 15.6. The van der Waals surface area contributed by atoms with Gasteiger partial charge in [0.05, 0.1) is 6.61 Å². The molecule has 0 spiro atoms. The number of thiophene rings is 1. The van der Waals surface area contributed by atoms with Gasteiger partial charge in [-0.2, -0.15) is 0 Å². The van der Waals surface area contributed by atoms with Crippen molar-refractivity contribution >= 4 is 11.3 Å². The average molecular weight is 291 g/mol. The Morgan fingerprint density at radius 3 is 2.75 bits per heavy atom. The third kappa shape index (κ3) is 4.63. The number of aliphatic hydroxyl groups excluding tert-OH is 1. The van der Waals surface area contributed by atoms with E-state index in [0.717, 1.165) is 18.2 Å². The fraction of sp³-hybridized carbons (Fsp3) is 0.647. The molecule has 1 N–H and O–H groups in total. The van der Waals surface area contributed by atoms with Crippen LogP contribution in [0.5, 0.6) is 0 Å². The fourth-order valence-electron chi connectivity index (χ4n) is 2.84. The first-order valence-corrected chi connectivity index (χ1v) is 8.55. The minimum atomic E-state index is 0.147. The smallest absolute Gasteiger partial charge is 0.0540 e. The molecule has 0 radical (unpaired) electrons. The number of hydrogen-bond donors (Lipinski definition) is 1. The first-order chi connectivity index (χ1) is 9.81. The normalized spacial score (nSPS) is 16.8. The lowest BCUT2D eigenvalue weighted by Crippen LogP contribution is -2.30. The van der Waals surface area contributed by atoms with Crippen LogP contribution >= 0.6 is 11.3 Å². The van der Waals surface area contributed by atoms with Gasteiger partial charge < -0.3 is 5.11 Å². The van der Waals surface area contributed by atoms with E-state index < -0.39 is 0 Å². The van der Waals surface area contributed by atoms with Crippen molar-refractivity contribution in [3.8, 4) is 11.8 Å². The molecule has 0 aromatic carbocycles. The van der Waals surface area contributed by atoms with E-state index in [1.165, 1.54) is 43.4 Å². The van der Waals surface area contributed by atoms with Gasteiger partial charge in [-0.05, 0) is 31.3 Å². The van der Waals surface area contributed by atoms with Crippen molar-refractivity contribution in [3.05, 3.63) is 21.9 Å². The number of hydrogen-bond acceptors (Lipinski definition) is 3. The lowest BCUT2D eigenvalue weighted by Gasteiger charge is -2.26. The van der Waals surface area contributed by atoms with Gasteiger partial charge in [0.1, 0.15) is 0 Å². The summed E-state index contributed by atoms with van der Waals surface area (Å²) in [5.41, 5.74) is 1.14. The molecule has 110 valence electrons. The molecule has 1 aliphatic rings. The van der Waals surface area contributed by atoms with E-state index in [-0.39, 0.29) is 6.61 Å². The predicted octanol–water partition coefficient (Wildman–Crippen LogP) is 3.64. The van der Waals surface area contributed by atoms with Crippen molar-refractivity contribution < 1.29 is 5.11 Å². The van der Waals surface area contributed by atoms with Gasteiger partial charge in [-0.1, -0.05) is 37.5 Å². The average Bonchev–Trinajstić information content (AvgIpc) is 2.72. The Labute approximate surface area is 126 Å². The second-order valence-electron chi connectivity index (χ2n) is 5.59. The summed E-state index contributed by atoms with van der Waals surface area (Å²) >= 11 is 1.80. The van der Waals surface area contributed by atoms with E-state index >= 15 is 0 Å². The van der Waals surface area contributed by atoms with Gasteiger partial charge in [0.25, 0.3) is 0 Å². The van der Waals surface area contributed by atoms with Gasteiger partial charge >= 0.3 is 0 Å². The highest BCUT2D eigenvalue weighted by Crippen LogP contribution is 2.24. The van der Waals surface area contributed by atoms with Crippen molar-refractivity contribution in [1.29, 1.82) is 0 Å². The van der Waals surface area contributed by atoms with E-state index in [2.05, 4.69) is 35.2 Å². The summed E-state index contributed by atoms with van der Waals surface area (Å²) in [6, 6.07) is 2.84. The summed E-state index contributed by atoms with van der Waals surface area (Å²) in [5, 5.41) is 10.9. The highest BCUT2D eigenvalue weighted by atomic mass is 32.1. The standard InChI is InChI=1S/C17H25NOS/c1-18(16-9-4-2-3-5-10-16)14-17-15(11-13-20-17)8-6-7-12-19/h11,13,16,19H,2-5,7,9-10,12,14H2,1H3. The highest BCUT2D eigenvalue weighted by molar-refractivity contribution is 7.10. The Bertz CT molecular complexity index is 449. The van der Waals surface area contributed by atoms with E-state index in [4.69, 9.17) is 5.11 Å². The van der Waals surface area contributed by atoms with Crippen LogP contribution in [0.1, 0.15) is 55.4 Å². The third-order valence-electron chi connectivity index (χ3n) is 4.05. The molecule has 1 aromatic heterocycles. The van der Waals surface area contributed by atoms with Gasteiger partial charge in [0.2, 0.25) is 0 Å². The Hall–Kier alpha value is -0.820. The van der Waals surface area contributed by atoms with Crippen molar-refractivity contribution in [2.24, 2.45) is 0 Å². The third-order valence-corrected chi connectivity index (χ3v) is 4.95. The predicted molar refractivity (Wildman–Crippen MR) is 85.9 cm³/mol. The van der Waals surface area contributed by atoms with Crippen LogP contribution in [-0.2, 0) is 6.54 Å². The molecule has 1 saturated carbocycles. The lowest BCUT2D eigenvalue weighted by molar-refractivity contribution is 0.214. The summed E-state index contributed by atoms with van der Waals surface area (Å²) in [6.45, 7) is 1.15.